The largest absolute Gasteiger partial charge is 0.450 e. The summed E-state index contributed by atoms with van der Waals surface area (Å²) >= 11 is 0. The van der Waals surface area contributed by atoms with Crippen LogP contribution in [0.15, 0.2) is 30.3 Å². The van der Waals surface area contributed by atoms with Crippen molar-refractivity contribution in [1.29, 1.82) is 0 Å². The van der Waals surface area contributed by atoms with Gasteiger partial charge >= 0.3 is 6.09 Å². The molecule has 2 atom stereocenters. The van der Waals surface area contributed by atoms with Gasteiger partial charge in [0.2, 0.25) is 5.91 Å². The number of benzene rings is 1. The van der Waals surface area contributed by atoms with E-state index in [1.807, 2.05) is 23.1 Å². The summed E-state index contributed by atoms with van der Waals surface area (Å²) in [5, 5.41) is 0. The highest BCUT2D eigenvalue weighted by atomic mass is 16.6. The number of likely N-dealkylation sites (N-methyl/N-ethyl adjacent to an activating group) is 1. The fraction of sp³-hybridized carbons (Fsp3) is 0.600. The number of ether oxygens (including phenoxy) is 1. The Morgan fingerprint density at radius 2 is 1.88 bits per heavy atom. The van der Waals surface area contributed by atoms with Crippen molar-refractivity contribution < 1.29 is 14.3 Å². The number of nitrogens with zero attached hydrogens (tertiary/aromatic N) is 3. The number of likely N-dealkylation sites (tertiary alicyclic amines) is 1. The van der Waals surface area contributed by atoms with Gasteiger partial charge in [-0.25, -0.2) is 4.79 Å². The number of amides is 2. The monoisotopic (exact) mass is 359 g/mol. The van der Waals surface area contributed by atoms with Gasteiger partial charge in [-0.1, -0.05) is 30.3 Å². The molecule has 1 aromatic carbocycles. The average Bonchev–Trinajstić information content (AvgIpc) is 2.68. The lowest BCUT2D eigenvalue weighted by atomic mass is 9.94. The van der Waals surface area contributed by atoms with Crippen LogP contribution < -0.4 is 0 Å². The molecule has 0 spiro atoms. The third-order valence-electron chi connectivity index (χ3n) is 5.35. The molecule has 1 aromatic rings. The Morgan fingerprint density at radius 1 is 1.12 bits per heavy atom. The third-order valence-corrected chi connectivity index (χ3v) is 5.35. The first-order valence-corrected chi connectivity index (χ1v) is 9.55. The SMILES string of the molecule is CCOC(=O)N1CCCC(C(=O)N2CCN(C)CC2c2ccccc2)C1. The lowest BCUT2D eigenvalue weighted by Crippen LogP contribution is -2.53. The highest BCUT2D eigenvalue weighted by molar-refractivity contribution is 5.81. The van der Waals surface area contributed by atoms with E-state index in [9.17, 15) is 9.59 Å². The van der Waals surface area contributed by atoms with Crippen LogP contribution in [0.25, 0.3) is 0 Å². The molecule has 0 aromatic heterocycles. The molecule has 0 aliphatic carbocycles. The Bertz CT molecular complexity index is 622. The number of carbonyl (C=O) groups excluding carboxylic acids is 2. The second-order valence-corrected chi connectivity index (χ2v) is 7.20. The summed E-state index contributed by atoms with van der Waals surface area (Å²) in [4.78, 5) is 31.3. The highest BCUT2D eigenvalue weighted by Gasteiger charge is 2.36. The number of piperidine rings is 1. The molecule has 2 unspecified atom stereocenters. The van der Waals surface area contributed by atoms with Crippen LogP contribution in [0.2, 0.25) is 0 Å². The summed E-state index contributed by atoms with van der Waals surface area (Å²) in [7, 11) is 2.10. The van der Waals surface area contributed by atoms with Gasteiger partial charge in [0.1, 0.15) is 0 Å². The topological polar surface area (TPSA) is 53.1 Å². The highest BCUT2D eigenvalue weighted by Crippen LogP contribution is 2.29. The van der Waals surface area contributed by atoms with Crippen molar-refractivity contribution in [2.45, 2.75) is 25.8 Å². The Hall–Kier alpha value is -2.08. The molecular weight excluding hydrogens is 330 g/mol. The van der Waals surface area contributed by atoms with E-state index in [0.717, 1.165) is 32.5 Å². The van der Waals surface area contributed by atoms with E-state index in [0.29, 0.717) is 19.7 Å². The first-order valence-electron chi connectivity index (χ1n) is 9.55. The summed E-state index contributed by atoms with van der Waals surface area (Å²) in [6.07, 6.45) is 1.38. The molecule has 0 radical (unpaired) electrons. The van der Waals surface area contributed by atoms with Gasteiger partial charge < -0.3 is 19.4 Å². The maximum absolute atomic E-state index is 13.3. The van der Waals surface area contributed by atoms with E-state index >= 15 is 0 Å². The van der Waals surface area contributed by atoms with Crippen LogP contribution in [-0.2, 0) is 9.53 Å². The summed E-state index contributed by atoms with van der Waals surface area (Å²) in [5.41, 5.74) is 1.17. The fourth-order valence-electron chi connectivity index (χ4n) is 3.94. The van der Waals surface area contributed by atoms with Crippen molar-refractivity contribution in [3.8, 4) is 0 Å². The summed E-state index contributed by atoms with van der Waals surface area (Å²) < 4.78 is 5.11. The number of piperazine rings is 1. The zero-order chi connectivity index (χ0) is 18.5. The molecule has 6 nitrogen and oxygen atoms in total. The molecule has 0 saturated carbocycles. The molecule has 2 aliphatic rings. The molecule has 2 fully saturated rings. The van der Waals surface area contributed by atoms with E-state index < -0.39 is 0 Å². The van der Waals surface area contributed by atoms with Crippen LogP contribution in [0.5, 0.6) is 0 Å². The van der Waals surface area contributed by atoms with Crippen molar-refractivity contribution in [1.82, 2.24) is 14.7 Å². The van der Waals surface area contributed by atoms with Crippen LogP contribution in [0.4, 0.5) is 4.79 Å². The van der Waals surface area contributed by atoms with E-state index in [1.54, 1.807) is 11.8 Å². The van der Waals surface area contributed by atoms with Crippen LogP contribution in [0, 0.1) is 5.92 Å². The van der Waals surface area contributed by atoms with E-state index in [1.165, 1.54) is 5.56 Å². The van der Waals surface area contributed by atoms with Crippen molar-refractivity contribution in [3.05, 3.63) is 35.9 Å². The standard InChI is InChI=1S/C20H29N3O3/c1-3-26-20(25)22-11-7-10-17(14-22)19(24)23-13-12-21(2)15-18(23)16-8-5-4-6-9-16/h4-6,8-9,17-18H,3,7,10-15H2,1-2H3. The van der Waals surface area contributed by atoms with Crippen LogP contribution in [-0.4, -0.2) is 73.1 Å². The molecule has 0 bridgehead atoms. The molecule has 2 aliphatic heterocycles. The Kier molecular flexibility index (Phi) is 6.14. The van der Waals surface area contributed by atoms with Crippen molar-refractivity contribution in [2.24, 2.45) is 5.92 Å². The number of carbonyl (C=O) groups is 2. The first kappa shape index (κ1) is 18.7. The van der Waals surface area contributed by atoms with Gasteiger partial charge in [-0.2, -0.15) is 0 Å². The van der Waals surface area contributed by atoms with Crippen LogP contribution in [0.1, 0.15) is 31.4 Å². The second kappa shape index (κ2) is 8.54. The predicted molar refractivity (Wildman–Crippen MR) is 99.7 cm³/mol. The minimum atomic E-state index is -0.303. The molecule has 3 rings (SSSR count). The predicted octanol–water partition coefficient (Wildman–Crippen LogP) is 2.37. The molecule has 26 heavy (non-hydrogen) atoms. The number of rotatable bonds is 3. The van der Waals surface area contributed by atoms with Gasteiger partial charge in [0.05, 0.1) is 18.6 Å². The van der Waals surface area contributed by atoms with Crippen molar-refractivity contribution in [2.75, 3.05) is 46.4 Å². The molecule has 2 amide bonds. The molecule has 0 N–H and O–H groups in total. The van der Waals surface area contributed by atoms with Crippen molar-refractivity contribution >= 4 is 12.0 Å². The van der Waals surface area contributed by atoms with Gasteiger partial charge in [0, 0.05) is 32.7 Å². The molecular formula is C20H29N3O3. The Labute approximate surface area is 155 Å². The smallest absolute Gasteiger partial charge is 0.409 e. The summed E-state index contributed by atoms with van der Waals surface area (Å²) in [6, 6.07) is 10.3. The maximum Gasteiger partial charge on any atom is 0.409 e. The summed E-state index contributed by atoms with van der Waals surface area (Å²) in [6.45, 7) is 5.75. The Morgan fingerprint density at radius 3 is 2.62 bits per heavy atom. The maximum atomic E-state index is 13.3. The Balaban J connectivity index is 1.73. The van der Waals surface area contributed by atoms with Gasteiger partial charge in [-0.3, -0.25) is 4.79 Å². The van der Waals surface area contributed by atoms with Gasteiger partial charge in [-0.05, 0) is 32.4 Å². The molecule has 6 heteroatoms. The van der Waals surface area contributed by atoms with Gasteiger partial charge in [0.25, 0.3) is 0 Å². The van der Waals surface area contributed by atoms with E-state index in [2.05, 4.69) is 24.1 Å². The number of hydrogen-bond acceptors (Lipinski definition) is 4. The average molecular weight is 359 g/mol. The lowest BCUT2D eigenvalue weighted by molar-refractivity contribution is -0.142. The van der Waals surface area contributed by atoms with Gasteiger partial charge in [0.15, 0.2) is 0 Å². The molecule has 2 saturated heterocycles. The van der Waals surface area contributed by atoms with Crippen molar-refractivity contribution in [3.63, 3.8) is 0 Å². The zero-order valence-corrected chi connectivity index (χ0v) is 15.8. The third kappa shape index (κ3) is 4.18. The second-order valence-electron chi connectivity index (χ2n) is 7.20. The van der Waals surface area contributed by atoms with Crippen LogP contribution >= 0.6 is 0 Å². The first-order chi connectivity index (χ1) is 12.6. The minimum Gasteiger partial charge on any atom is -0.450 e. The number of hydrogen-bond donors (Lipinski definition) is 0. The van der Waals surface area contributed by atoms with Crippen LogP contribution in [0.3, 0.4) is 0 Å². The van der Waals surface area contributed by atoms with E-state index in [-0.39, 0.29) is 24.0 Å². The summed E-state index contributed by atoms with van der Waals surface area (Å²) in [5.74, 6) is 0.0312. The fourth-order valence-corrected chi connectivity index (χ4v) is 3.94. The quantitative estimate of drug-likeness (QED) is 0.831. The van der Waals surface area contributed by atoms with E-state index in [4.69, 9.17) is 4.74 Å². The van der Waals surface area contributed by atoms with Gasteiger partial charge in [-0.15, -0.1) is 0 Å². The molecule has 2 heterocycles. The minimum absolute atomic E-state index is 0.0698. The molecule has 142 valence electrons. The zero-order valence-electron chi connectivity index (χ0n) is 15.8. The lowest BCUT2D eigenvalue weighted by Gasteiger charge is -2.43. The normalized spacial score (nSPS) is 24.4.